The van der Waals surface area contributed by atoms with Gasteiger partial charge in [-0.2, -0.15) is 9.98 Å². The Bertz CT molecular complexity index is 537. The lowest BCUT2D eigenvalue weighted by atomic mass is 10.1. The highest BCUT2D eigenvalue weighted by Gasteiger charge is 2.13. The molecule has 0 fully saturated rings. The molecule has 0 aromatic heterocycles. The third kappa shape index (κ3) is 1.33. The molecule has 0 atom stereocenters. The summed E-state index contributed by atoms with van der Waals surface area (Å²) < 4.78 is 0. The van der Waals surface area contributed by atoms with Crippen molar-refractivity contribution >= 4 is 29.2 Å². The first kappa shape index (κ1) is 9.62. The number of urea groups is 1. The van der Waals surface area contributed by atoms with Crippen molar-refractivity contribution < 1.29 is 4.79 Å². The van der Waals surface area contributed by atoms with E-state index in [1.165, 1.54) is 0 Å². The minimum Gasteiger partial charge on any atom is -0.244 e. The van der Waals surface area contributed by atoms with E-state index in [2.05, 4.69) is 9.98 Å². The lowest BCUT2D eigenvalue weighted by molar-refractivity contribution is 0.256. The summed E-state index contributed by atoms with van der Waals surface area (Å²) in [6.07, 6.45) is 0.675. The fourth-order valence-corrected chi connectivity index (χ4v) is 1.91. The quantitative estimate of drug-likeness (QED) is 0.725. The molecule has 0 N–H and O–H groups in total. The van der Waals surface area contributed by atoms with Crippen LogP contribution in [0, 0.1) is 0 Å². The van der Waals surface area contributed by atoms with Crippen molar-refractivity contribution in [1.29, 1.82) is 0 Å². The highest BCUT2D eigenvalue weighted by Crippen LogP contribution is 2.22. The van der Waals surface area contributed by atoms with E-state index in [1.807, 2.05) is 6.92 Å². The van der Waals surface area contributed by atoms with Gasteiger partial charge in [0.25, 0.3) is 0 Å². The van der Waals surface area contributed by atoms with Crippen LogP contribution in [0.25, 0.3) is 0 Å². The molecule has 1 aliphatic heterocycles. The van der Waals surface area contributed by atoms with E-state index in [9.17, 15) is 4.79 Å². The normalized spacial score (nSPS) is 13.5. The fourth-order valence-electron chi connectivity index (χ4n) is 1.41. The average Bonchev–Trinajstić information content (AvgIpc) is 2.47. The summed E-state index contributed by atoms with van der Waals surface area (Å²) in [4.78, 5) is 18.5. The van der Waals surface area contributed by atoms with E-state index in [4.69, 9.17) is 23.2 Å². The highest BCUT2D eigenvalue weighted by molar-refractivity contribution is 6.42. The molecule has 0 bridgehead atoms. The maximum atomic E-state index is 11.0. The van der Waals surface area contributed by atoms with Gasteiger partial charge in [-0.25, -0.2) is 4.79 Å². The second-order valence-corrected chi connectivity index (χ2v) is 3.66. The zero-order valence-electron chi connectivity index (χ0n) is 7.34. The Morgan fingerprint density at radius 3 is 2.71 bits per heavy atom. The summed E-state index contributed by atoms with van der Waals surface area (Å²) in [7, 11) is 0. The van der Waals surface area contributed by atoms with Crippen LogP contribution in [0.4, 0.5) is 4.79 Å². The molecule has 5 heteroatoms. The molecule has 2 amide bonds. The molecule has 2 rings (SSSR count). The second kappa shape index (κ2) is 3.33. The van der Waals surface area contributed by atoms with Gasteiger partial charge in [-0.3, -0.25) is 0 Å². The Labute approximate surface area is 90.1 Å². The number of hydrogen-bond donors (Lipinski definition) is 0. The Morgan fingerprint density at radius 2 is 2.07 bits per heavy atom. The van der Waals surface area contributed by atoms with Gasteiger partial charge in [0.1, 0.15) is 0 Å². The van der Waals surface area contributed by atoms with Crippen LogP contribution in [0.15, 0.2) is 16.1 Å². The van der Waals surface area contributed by atoms with Gasteiger partial charge in [-0.15, -0.1) is 0 Å². The van der Waals surface area contributed by atoms with E-state index < -0.39 is 6.03 Å². The Kier molecular flexibility index (Phi) is 2.29. The average molecular weight is 229 g/mol. The van der Waals surface area contributed by atoms with Gasteiger partial charge in [-0.1, -0.05) is 30.1 Å². The summed E-state index contributed by atoms with van der Waals surface area (Å²) in [5.41, 5.74) is 0.781. The third-order valence-corrected chi connectivity index (χ3v) is 2.87. The minimum absolute atomic E-state index is 0.413. The van der Waals surface area contributed by atoms with Crippen molar-refractivity contribution in [2.45, 2.75) is 13.3 Å². The maximum absolute atomic E-state index is 11.0. The van der Waals surface area contributed by atoms with Crippen molar-refractivity contribution in [2.24, 2.45) is 9.98 Å². The first-order valence-corrected chi connectivity index (χ1v) is 4.87. The van der Waals surface area contributed by atoms with Crippen molar-refractivity contribution in [1.82, 2.24) is 0 Å². The smallest absolute Gasteiger partial charge is 0.244 e. The van der Waals surface area contributed by atoms with Crippen LogP contribution in [0.3, 0.4) is 0 Å². The van der Waals surface area contributed by atoms with Crippen LogP contribution in [0.5, 0.6) is 0 Å². The lowest BCUT2D eigenvalue weighted by Gasteiger charge is -2.01. The van der Waals surface area contributed by atoms with Crippen LogP contribution < -0.4 is 10.7 Å². The summed E-state index contributed by atoms with van der Waals surface area (Å²) in [5, 5.41) is 1.95. The zero-order chi connectivity index (χ0) is 10.3. The van der Waals surface area contributed by atoms with Crippen LogP contribution in [0.1, 0.15) is 12.5 Å². The van der Waals surface area contributed by atoms with Crippen molar-refractivity contribution in [3.63, 3.8) is 0 Å². The van der Waals surface area contributed by atoms with Crippen LogP contribution in [0.2, 0.25) is 10.0 Å². The Morgan fingerprint density at radius 1 is 1.36 bits per heavy atom. The molecule has 14 heavy (non-hydrogen) atoms. The van der Waals surface area contributed by atoms with E-state index in [0.717, 1.165) is 5.56 Å². The summed E-state index contributed by atoms with van der Waals surface area (Å²) in [6.45, 7) is 1.93. The first-order valence-electron chi connectivity index (χ1n) is 4.11. The third-order valence-electron chi connectivity index (χ3n) is 2.04. The molecule has 3 nitrogen and oxygen atoms in total. The largest absolute Gasteiger partial charge is 0.368 e. The van der Waals surface area contributed by atoms with E-state index in [0.29, 0.717) is 27.2 Å². The molecule has 72 valence electrons. The summed E-state index contributed by atoms with van der Waals surface area (Å²) in [6, 6.07) is 1.07. The number of carbonyl (C=O) groups is 1. The molecule has 1 heterocycles. The van der Waals surface area contributed by atoms with Crippen LogP contribution in [-0.4, -0.2) is 6.03 Å². The van der Waals surface area contributed by atoms with Crippen molar-refractivity contribution in [3.05, 3.63) is 32.4 Å². The monoisotopic (exact) mass is 228 g/mol. The number of hydrogen-bond acceptors (Lipinski definition) is 1. The van der Waals surface area contributed by atoms with Crippen molar-refractivity contribution in [2.75, 3.05) is 0 Å². The van der Waals surface area contributed by atoms with Gasteiger partial charge in [0, 0.05) is 5.56 Å². The number of amides is 2. The van der Waals surface area contributed by atoms with Crippen LogP contribution >= 0.6 is 23.2 Å². The Balaban J connectivity index is 2.93. The number of rotatable bonds is 1. The van der Waals surface area contributed by atoms with E-state index in [-0.39, 0.29) is 0 Å². The zero-order valence-corrected chi connectivity index (χ0v) is 8.85. The number of benzene rings is 1. The molecule has 0 aliphatic carbocycles. The molecular weight excluding hydrogens is 223 g/mol. The maximum Gasteiger partial charge on any atom is 0.368 e. The van der Waals surface area contributed by atoms with Gasteiger partial charge in [-0.05, 0) is 12.5 Å². The standard InChI is InChI=1S/C9H6Cl2N2O/c1-2-4-7(11)5(10)3-6-8(4)13-9(14)12-6/h3H,2H2,1H3. The fraction of sp³-hybridized carbons (Fsp3) is 0.222. The molecular formula is C9H6Cl2N2O. The predicted molar refractivity (Wildman–Crippen MR) is 53.5 cm³/mol. The molecule has 0 unspecified atom stereocenters. The molecule has 0 saturated heterocycles. The van der Waals surface area contributed by atoms with Gasteiger partial charge in [0.15, 0.2) is 0 Å². The van der Waals surface area contributed by atoms with E-state index in [1.54, 1.807) is 6.07 Å². The Hall–Kier alpha value is -0.930. The molecule has 1 aromatic carbocycles. The molecule has 1 aliphatic rings. The molecule has 0 spiro atoms. The molecule has 0 saturated carbocycles. The predicted octanol–water partition coefficient (Wildman–Crippen LogP) is 1.93. The SMILES string of the molecule is CCc1c(Cl)c(Cl)cc2c1=NC(=O)N=2. The highest BCUT2D eigenvalue weighted by atomic mass is 35.5. The van der Waals surface area contributed by atoms with Crippen molar-refractivity contribution in [3.8, 4) is 0 Å². The topological polar surface area (TPSA) is 41.8 Å². The number of nitrogens with zero attached hydrogens (tertiary/aromatic N) is 2. The molecule has 1 aromatic rings. The van der Waals surface area contributed by atoms with Gasteiger partial charge < -0.3 is 0 Å². The van der Waals surface area contributed by atoms with E-state index >= 15 is 0 Å². The number of halogens is 2. The number of fused-ring (bicyclic) bond motifs is 1. The lowest BCUT2D eigenvalue weighted by Crippen LogP contribution is -2.26. The van der Waals surface area contributed by atoms with Crippen LogP contribution in [-0.2, 0) is 6.42 Å². The van der Waals surface area contributed by atoms with Gasteiger partial charge in [0.05, 0.1) is 20.8 Å². The van der Waals surface area contributed by atoms with Gasteiger partial charge in [0.2, 0.25) is 0 Å². The summed E-state index contributed by atoms with van der Waals surface area (Å²) in [5.74, 6) is 0. The number of carbonyl (C=O) groups excluding carboxylic acids is 1. The van der Waals surface area contributed by atoms with Gasteiger partial charge >= 0.3 is 6.03 Å². The molecule has 0 radical (unpaired) electrons. The minimum atomic E-state index is -0.493. The first-order chi connectivity index (χ1) is 6.63. The second-order valence-electron chi connectivity index (χ2n) is 2.88. The summed E-state index contributed by atoms with van der Waals surface area (Å²) >= 11 is 11.9.